The van der Waals surface area contributed by atoms with Gasteiger partial charge < -0.3 is 9.67 Å². The Balaban J connectivity index is 2.34. The van der Waals surface area contributed by atoms with Gasteiger partial charge in [-0.3, -0.25) is 0 Å². The van der Waals surface area contributed by atoms with Crippen LogP contribution in [0.5, 0.6) is 0 Å². The standard InChI is InChI=1S/C13H15N3O2/c1-7-14-11(8-4-3-5-8)10-9(13(17)18)6-16(2)12(10)15-7/h6,8H,3-5H2,1-2H3,(H,17,18). The van der Waals surface area contributed by atoms with Crippen molar-refractivity contribution in [2.24, 2.45) is 7.05 Å². The molecule has 0 saturated heterocycles. The normalized spacial score (nSPS) is 15.9. The van der Waals surface area contributed by atoms with E-state index in [2.05, 4.69) is 9.97 Å². The Hall–Kier alpha value is -1.91. The lowest BCUT2D eigenvalue weighted by Crippen LogP contribution is -2.13. The molecule has 5 heteroatoms. The highest BCUT2D eigenvalue weighted by molar-refractivity contribution is 6.03. The Bertz CT molecular complexity index is 641. The van der Waals surface area contributed by atoms with Crippen molar-refractivity contribution >= 4 is 17.0 Å². The molecule has 1 fully saturated rings. The van der Waals surface area contributed by atoms with Crippen LogP contribution in [0.4, 0.5) is 0 Å². The second-order valence-corrected chi connectivity index (χ2v) is 4.94. The van der Waals surface area contributed by atoms with E-state index in [0.29, 0.717) is 17.3 Å². The van der Waals surface area contributed by atoms with Gasteiger partial charge >= 0.3 is 5.97 Å². The van der Waals surface area contributed by atoms with Crippen LogP contribution in [0.15, 0.2) is 6.20 Å². The van der Waals surface area contributed by atoms with Gasteiger partial charge in [0.05, 0.1) is 16.6 Å². The van der Waals surface area contributed by atoms with Crippen LogP contribution >= 0.6 is 0 Å². The predicted molar refractivity (Wildman–Crippen MR) is 66.8 cm³/mol. The number of hydrogen-bond acceptors (Lipinski definition) is 3. The molecule has 1 saturated carbocycles. The van der Waals surface area contributed by atoms with Crippen molar-refractivity contribution in [1.82, 2.24) is 14.5 Å². The summed E-state index contributed by atoms with van der Waals surface area (Å²) in [6.45, 7) is 1.86. The zero-order valence-corrected chi connectivity index (χ0v) is 10.5. The molecule has 0 atom stereocenters. The Morgan fingerprint density at radius 1 is 1.44 bits per heavy atom. The number of carboxylic acid groups (broad SMARTS) is 1. The van der Waals surface area contributed by atoms with Crippen LogP contribution in [-0.4, -0.2) is 25.6 Å². The summed E-state index contributed by atoms with van der Waals surface area (Å²) in [5, 5.41) is 10.0. The summed E-state index contributed by atoms with van der Waals surface area (Å²) in [5.74, 6) is 0.200. The first-order valence-corrected chi connectivity index (χ1v) is 6.15. The van der Waals surface area contributed by atoms with Gasteiger partial charge in [0.1, 0.15) is 11.5 Å². The van der Waals surface area contributed by atoms with Crippen molar-refractivity contribution in [1.29, 1.82) is 0 Å². The molecule has 3 rings (SSSR count). The lowest BCUT2D eigenvalue weighted by atomic mass is 9.81. The zero-order valence-electron chi connectivity index (χ0n) is 10.5. The molecule has 1 aliphatic carbocycles. The zero-order chi connectivity index (χ0) is 12.9. The Morgan fingerprint density at radius 2 is 2.17 bits per heavy atom. The van der Waals surface area contributed by atoms with Crippen molar-refractivity contribution in [2.75, 3.05) is 0 Å². The fourth-order valence-electron chi connectivity index (χ4n) is 2.55. The molecule has 0 radical (unpaired) electrons. The molecule has 0 amide bonds. The minimum Gasteiger partial charge on any atom is -0.478 e. The number of fused-ring (bicyclic) bond motifs is 1. The Morgan fingerprint density at radius 3 is 2.72 bits per heavy atom. The molecule has 1 N–H and O–H groups in total. The number of carboxylic acids is 1. The van der Waals surface area contributed by atoms with Gasteiger partial charge in [-0.05, 0) is 19.8 Å². The molecule has 0 aromatic carbocycles. The van der Waals surface area contributed by atoms with Crippen LogP contribution in [-0.2, 0) is 7.05 Å². The maximum Gasteiger partial charge on any atom is 0.338 e. The van der Waals surface area contributed by atoms with Gasteiger partial charge in [0, 0.05) is 19.2 Å². The number of hydrogen-bond donors (Lipinski definition) is 1. The van der Waals surface area contributed by atoms with E-state index in [9.17, 15) is 9.90 Å². The molecule has 1 aliphatic rings. The van der Waals surface area contributed by atoms with E-state index in [1.807, 2.05) is 14.0 Å². The van der Waals surface area contributed by atoms with Crippen LogP contribution in [0.25, 0.3) is 11.0 Å². The molecule has 0 spiro atoms. The third-order valence-electron chi connectivity index (χ3n) is 3.68. The van der Waals surface area contributed by atoms with Crippen LogP contribution in [0, 0.1) is 6.92 Å². The van der Waals surface area contributed by atoms with Gasteiger partial charge in [0.15, 0.2) is 0 Å². The number of aryl methyl sites for hydroxylation is 2. The minimum absolute atomic E-state index is 0.314. The summed E-state index contributed by atoms with van der Waals surface area (Å²) in [5.41, 5.74) is 1.96. The van der Waals surface area contributed by atoms with Crippen LogP contribution in [0.2, 0.25) is 0 Å². The van der Waals surface area contributed by atoms with E-state index < -0.39 is 5.97 Å². The van der Waals surface area contributed by atoms with Crippen LogP contribution in [0.1, 0.15) is 47.1 Å². The summed E-state index contributed by atoms with van der Waals surface area (Å²) in [6, 6.07) is 0. The molecule has 0 aliphatic heterocycles. The molecular weight excluding hydrogens is 230 g/mol. The van der Waals surface area contributed by atoms with Gasteiger partial charge in [-0.15, -0.1) is 0 Å². The highest BCUT2D eigenvalue weighted by atomic mass is 16.4. The monoisotopic (exact) mass is 245 g/mol. The number of aromatic carboxylic acids is 1. The molecule has 5 nitrogen and oxygen atoms in total. The highest BCUT2D eigenvalue weighted by Gasteiger charge is 2.27. The average Bonchev–Trinajstić information content (AvgIpc) is 2.54. The van der Waals surface area contributed by atoms with Gasteiger partial charge in [0.25, 0.3) is 0 Å². The third kappa shape index (κ3) is 1.50. The maximum atomic E-state index is 11.3. The minimum atomic E-state index is -0.909. The van der Waals surface area contributed by atoms with Gasteiger partial charge in [-0.1, -0.05) is 6.42 Å². The predicted octanol–water partition coefficient (Wildman–Crippen LogP) is 2.24. The second kappa shape index (κ2) is 3.80. The first-order valence-electron chi connectivity index (χ1n) is 6.15. The molecule has 18 heavy (non-hydrogen) atoms. The molecule has 0 unspecified atom stereocenters. The van der Waals surface area contributed by atoms with E-state index >= 15 is 0 Å². The lowest BCUT2D eigenvalue weighted by molar-refractivity contribution is 0.0698. The maximum absolute atomic E-state index is 11.3. The number of nitrogens with zero attached hydrogens (tertiary/aromatic N) is 3. The fraction of sp³-hybridized carbons (Fsp3) is 0.462. The largest absolute Gasteiger partial charge is 0.478 e. The van der Waals surface area contributed by atoms with Gasteiger partial charge in [-0.2, -0.15) is 0 Å². The summed E-state index contributed by atoms with van der Waals surface area (Å²) >= 11 is 0. The first kappa shape index (κ1) is 11.2. The van der Waals surface area contributed by atoms with Crippen LogP contribution < -0.4 is 0 Å². The van der Waals surface area contributed by atoms with Crippen molar-refractivity contribution in [3.05, 3.63) is 23.3 Å². The van der Waals surface area contributed by atoms with Crippen molar-refractivity contribution in [3.63, 3.8) is 0 Å². The SMILES string of the molecule is Cc1nc(C2CCC2)c2c(C(=O)O)cn(C)c2n1. The molecular formula is C13H15N3O2. The third-order valence-corrected chi connectivity index (χ3v) is 3.68. The molecule has 2 aromatic heterocycles. The Kier molecular flexibility index (Phi) is 2.36. The molecule has 94 valence electrons. The van der Waals surface area contributed by atoms with E-state index in [1.54, 1.807) is 10.8 Å². The number of rotatable bonds is 2. The van der Waals surface area contributed by atoms with Crippen molar-refractivity contribution in [2.45, 2.75) is 32.1 Å². The second-order valence-electron chi connectivity index (χ2n) is 4.94. The fourth-order valence-corrected chi connectivity index (χ4v) is 2.55. The molecule has 2 aromatic rings. The average molecular weight is 245 g/mol. The smallest absolute Gasteiger partial charge is 0.338 e. The van der Waals surface area contributed by atoms with Crippen LogP contribution in [0.3, 0.4) is 0 Å². The number of aromatic nitrogens is 3. The van der Waals surface area contributed by atoms with Crippen molar-refractivity contribution in [3.8, 4) is 0 Å². The first-order chi connectivity index (χ1) is 8.58. The summed E-state index contributed by atoms with van der Waals surface area (Å²) in [7, 11) is 1.83. The van der Waals surface area contributed by atoms with E-state index in [4.69, 9.17) is 0 Å². The van der Waals surface area contributed by atoms with E-state index in [0.717, 1.165) is 29.6 Å². The van der Waals surface area contributed by atoms with Gasteiger partial charge in [-0.25, -0.2) is 14.8 Å². The lowest BCUT2D eigenvalue weighted by Gasteiger charge is -2.25. The van der Waals surface area contributed by atoms with E-state index in [-0.39, 0.29) is 0 Å². The summed E-state index contributed by atoms with van der Waals surface area (Å²) < 4.78 is 1.77. The van der Waals surface area contributed by atoms with E-state index in [1.165, 1.54) is 6.42 Å². The summed E-state index contributed by atoms with van der Waals surface area (Å²) in [6.07, 6.45) is 5.02. The van der Waals surface area contributed by atoms with Crippen molar-refractivity contribution < 1.29 is 9.90 Å². The summed E-state index contributed by atoms with van der Waals surface area (Å²) in [4.78, 5) is 20.2. The Labute approximate surface area is 104 Å². The topological polar surface area (TPSA) is 68.0 Å². The number of carbonyl (C=O) groups is 1. The molecule has 2 heterocycles. The quantitative estimate of drug-likeness (QED) is 0.881. The molecule has 0 bridgehead atoms. The highest BCUT2D eigenvalue weighted by Crippen LogP contribution is 2.39. The van der Waals surface area contributed by atoms with Gasteiger partial charge in [0.2, 0.25) is 0 Å².